The summed E-state index contributed by atoms with van der Waals surface area (Å²) in [7, 11) is 0. The minimum Gasteiger partial charge on any atom is -0.192 e. The Morgan fingerprint density at radius 2 is 1.15 bits per heavy atom. The van der Waals surface area contributed by atoms with Crippen molar-refractivity contribution in [2.45, 2.75) is 57.8 Å². The lowest BCUT2D eigenvalue weighted by molar-refractivity contribution is 0.527. The molecule has 0 heterocycles. The third-order valence-electron chi connectivity index (χ3n) is 12.3. The van der Waals surface area contributed by atoms with E-state index in [1.807, 2.05) is 12.1 Å². The van der Waals surface area contributed by atoms with Gasteiger partial charge < -0.3 is 0 Å². The predicted octanol–water partition coefficient (Wildman–Crippen LogP) is 14.0. The topological polar surface area (TPSA) is 47.6 Å². The fraction of sp³-hybridized carbons (Fsp3) is 0.170. The Morgan fingerprint density at radius 1 is 0.545 bits per heavy atom. The monoisotopic (exact) mass is 706 g/mol. The van der Waals surface area contributed by atoms with Gasteiger partial charge in [0.2, 0.25) is 0 Å². The van der Waals surface area contributed by atoms with Crippen molar-refractivity contribution in [1.29, 1.82) is 10.5 Å². The van der Waals surface area contributed by atoms with E-state index in [-0.39, 0.29) is 16.7 Å². The number of hydrogen-bond acceptors (Lipinski definition) is 2. The highest BCUT2D eigenvalue weighted by atomic mass is 14.4. The highest BCUT2D eigenvalue weighted by Gasteiger charge is 2.36. The molecule has 0 saturated carbocycles. The molecule has 2 heteroatoms. The number of nitrogens with zero attached hydrogens (tertiary/aromatic N) is 2. The molecule has 0 saturated heterocycles. The third kappa shape index (κ3) is 5.52. The zero-order valence-electron chi connectivity index (χ0n) is 32.0. The van der Waals surface area contributed by atoms with Crippen LogP contribution >= 0.6 is 0 Å². The van der Waals surface area contributed by atoms with Gasteiger partial charge in [-0.15, -0.1) is 0 Å². The van der Waals surface area contributed by atoms with Gasteiger partial charge in [-0.25, -0.2) is 0 Å². The molecule has 9 rings (SSSR count). The summed E-state index contributed by atoms with van der Waals surface area (Å²) >= 11 is 0. The smallest absolute Gasteiger partial charge is 0.0991 e. The average Bonchev–Trinajstić information content (AvgIpc) is 3.46. The van der Waals surface area contributed by atoms with Crippen LogP contribution in [0.5, 0.6) is 0 Å². The summed E-state index contributed by atoms with van der Waals surface area (Å²) in [6.45, 7) is 11.4. The normalized spacial score (nSPS) is 18.0. The maximum Gasteiger partial charge on any atom is 0.0991 e. The van der Waals surface area contributed by atoms with Crippen molar-refractivity contribution >= 4 is 21.5 Å². The molecule has 0 aromatic heterocycles. The van der Waals surface area contributed by atoms with Crippen LogP contribution in [0.15, 0.2) is 151 Å². The molecule has 0 spiro atoms. The molecule has 0 radical (unpaired) electrons. The minimum atomic E-state index is -0.228. The zero-order valence-corrected chi connectivity index (χ0v) is 32.0. The Hall–Kier alpha value is -6.48. The SMILES string of the molecule is CC1/C=C\C(C#N)=C/CC(C)(C)c2cc(-c3c4ccccc4c(-c4ccccc4)c4ccc(-c5ccc6c(c5)C(C)(C)c5cc(C#N)ccc5-6)cc34)ccc21. The number of allylic oxidation sites excluding steroid dienone is 4. The van der Waals surface area contributed by atoms with Crippen molar-refractivity contribution in [2.24, 2.45) is 0 Å². The second-order valence-corrected chi connectivity index (χ2v) is 16.5. The fourth-order valence-electron chi connectivity index (χ4n) is 9.24. The van der Waals surface area contributed by atoms with E-state index in [0.717, 1.165) is 12.0 Å². The Labute approximate surface area is 324 Å². The number of fused-ring (bicyclic) bond motifs is 6. The number of benzene rings is 7. The van der Waals surface area contributed by atoms with Gasteiger partial charge in [-0.05, 0) is 136 Å². The van der Waals surface area contributed by atoms with E-state index in [0.29, 0.717) is 5.56 Å². The van der Waals surface area contributed by atoms with Gasteiger partial charge in [0.05, 0.1) is 17.7 Å². The first-order valence-electron chi connectivity index (χ1n) is 19.3. The van der Waals surface area contributed by atoms with Gasteiger partial charge in [-0.3, -0.25) is 0 Å². The van der Waals surface area contributed by atoms with Gasteiger partial charge in [0.15, 0.2) is 0 Å². The molecular formula is C53H42N2. The van der Waals surface area contributed by atoms with Crippen molar-refractivity contribution in [3.8, 4) is 56.6 Å². The molecule has 7 aromatic carbocycles. The molecule has 2 nitrogen and oxygen atoms in total. The van der Waals surface area contributed by atoms with Gasteiger partial charge in [0.1, 0.15) is 0 Å². The molecule has 1 atom stereocenters. The summed E-state index contributed by atoms with van der Waals surface area (Å²) in [6, 6.07) is 51.5. The lowest BCUT2D eigenvalue weighted by atomic mass is 9.75. The lowest BCUT2D eigenvalue weighted by Gasteiger charge is -2.29. The Balaban J connectivity index is 1.31. The summed E-state index contributed by atoms with van der Waals surface area (Å²) in [5.74, 6) is 0.167. The van der Waals surface area contributed by atoms with E-state index < -0.39 is 0 Å². The summed E-state index contributed by atoms with van der Waals surface area (Å²) in [5.41, 5.74) is 15.8. The average molecular weight is 707 g/mol. The first-order chi connectivity index (χ1) is 26.6. The van der Waals surface area contributed by atoms with Crippen LogP contribution in [0.2, 0.25) is 0 Å². The summed E-state index contributed by atoms with van der Waals surface area (Å²) in [5, 5.41) is 24.4. The van der Waals surface area contributed by atoms with Gasteiger partial charge in [-0.1, -0.05) is 150 Å². The van der Waals surface area contributed by atoms with Gasteiger partial charge in [0, 0.05) is 11.0 Å². The standard InChI is InChI=1S/C53H42N2/c1-33-15-16-34(31-54)25-26-52(2,3)47-30-39(20-22-40(33)47)51-44-14-10-9-13-43(44)50(36-11-7-6-8-12-36)45-24-19-37(28-46(45)51)38-18-23-42-41-21-17-35(32-55)27-48(41)53(4,5)49(42)29-38/h6-25,27-30,33H,26H2,1-5H3/b16-15-,34-25+. The van der Waals surface area contributed by atoms with Crippen LogP contribution in [-0.4, -0.2) is 0 Å². The third-order valence-corrected chi connectivity index (χ3v) is 12.3. The second-order valence-electron chi connectivity index (χ2n) is 16.5. The van der Waals surface area contributed by atoms with E-state index in [1.54, 1.807) is 0 Å². The van der Waals surface area contributed by atoms with Crippen molar-refractivity contribution in [3.63, 3.8) is 0 Å². The van der Waals surface area contributed by atoms with Crippen molar-refractivity contribution in [2.75, 3.05) is 0 Å². The number of hydrogen-bond donors (Lipinski definition) is 0. The van der Waals surface area contributed by atoms with Crippen LogP contribution in [0.25, 0.3) is 66.1 Å². The molecular weight excluding hydrogens is 665 g/mol. The Bertz CT molecular complexity index is 2870. The van der Waals surface area contributed by atoms with Crippen molar-refractivity contribution in [1.82, 2.24) is 0 Å². The van der Waals surface area contributed by atoms with Crippen LogP contribution in [-0.2, 0) is 10.8 Å². The lowest BCUT2D eigenvalue weighted by Crippen LogP contribution is -2.19. The van der Waals surface area contributed by atoms with Crippen LogP contribution < -0.4 is 0 Å². The molecule has 7 aromatic rings. The Kier molecular flexibility index (Phi) is 8.00. The molecule has 0 aliphatic heterocycles. The van der Waals surface area contributed by atoms with Crippen LogP contribution in [0.1, 0.15) is 74.8 Å². The van der Waals surface area contributed by atoms with Gasteiger partial charge >= 0.3 is 0 Å². The maximum atomic E-state index is 9.83. The molecule has 55 heavy (non-hydrogen) atoms. The fourth-order valence-corrected chi connectivity index (χ4v) is 9.24. The second kappa shape index (κ2) is 12.8. The number of nitriles is 2. The summed E-state index contributed by atoms with van der Waals surface area (Å²) in [4.78, 5) is 0. The van der Waals surface area contributed by atoms with E-state index in [4.69, 9.17) is 0 Å². The quantitative estimate of drug-likeness (QED) is 0.172. The van der Waals surface area contributed by atoms with Crippen LogP contribution in [0.4, 0.5) is 0 Å². The molecule has 2 aliphatic carbocycles. The number of rotatable bonds is 3. The van der Waals surface area contributed by atoms with Crippen LogP contribution in [0, 0.1) is 22.7 Å². The minimum absolute atomic E-state index is 0.167. The van der Waals surface area contributed by atoms with Crippen molar-refractivity contribution in [3.05, 3.63) is 179 Å². The first-order valence-corrected chi connectivity index (χ1v) is 19.3. The van der Waals surface area contributed by atoms with E-state index >= 15 is 0 Å². The molecule has 0 fully saturated rings. The molecule has 0 N–H and O–H groups in total. The van der Waals surface area contributed by atoms with Crippen molar-refractivity contribution < 1.29 is 0 Å². The molecule has 2 aliphatic rings. The summed E-state index contributed by atoms with van der Waals surface area (Å²) in [6.07, 6.45) is 7.02. The Morgan fingerprint density at radius 3 is 1.87 bits per heavy atom. The van der Waals surface area contributed by atoms with E-state index in [2.05, 4.69) is 180 Å². The zero-order chi connectivity index (χ0) is 38.1. The molecule has 1 unspecified atom stereocenters. The molecule has 0 bridgehead atoms. The van der Waals surface area contributed by atoms with Crippen LogP contribution in [0.3, 0.4) is 0 Å². The highest BCUT2D eigenvalue weighted by molar-refractivity contribution is 6.22. The van der Waals surface area contributed by atoms with E-state index in [1.165, 1.54) is 88.3 Å². The molecule has 0 amide bonds. The summed E-state index contributed by atoms with van der Waals surface area (Å²) < 4.78 is 0. The highest BCUT2D eigenvalue weighted by Crippen LogP contribution is 2.51. The van der Waals surface area contributed by atoms with Gasteiger partial charge in [0.25, 0.3) is 0 Å². The van der Waals surface area contributed by atoms with E-state index in [9.17, 15) is 10.5 Å². The van der Waals surface area contributed by atoms with Gasteiger partial charge in [-0.2, -0.15) is 10.5 Å². The predicted molar refractivity (Wildman–Crippen MR) is 229 cm³/mol. The first kappa shape index (κ1) is 34.3. The maximum absolute atomic E-state index is 9.83. The molecule has 264 valence electrons. The largest absolute Gasteiger partial charge is 0.192 e.